The maximum Gasteiger partial charge on any atom is 0.119 e. The lowest BCUT2D eigenvalue weighted by molar-refractivity contribution is 0.207. The Morgan fingerprint density at radius 2 is 2.05 bits per heavy atom. The van der Waals surface area contributed by atoms with Crippen molar-refractivity contribution >= 4 is 17.2 Å². The third kappa shape index (κ3) is 6.87. The van der Waals surface area contributed by atoms with Crippen molar-refractivity contribution in [3.63, 3.8) is 0 Å². The maximum atomic E-state index is 5.74. The van der Waals surface area contributed by atoms with Gasteiger partial charge in [-0.3, -0.25) is 0 Å². The minimum absolute atomic E-state index is 0.334. The molecular formula is C16H26N2OS. The van der Waals surface area contributed by atoms with Crippen molar-refractivity contribution in [2.45, 2.75) is 27.2 Å². The molecule has 0 unspecified atom stereocenters. The highest BCUT2D eigenvalue weighted by atomic mass is 32.1. The summed E-state index contributed by atoms with van der Waals surface area (Å²) in [6.07, 6.45) is 1.00. The van der Waals surface area contributed by atoms with Gasteiger partial charge in [-0.1, -0.05) is 45.1 Å². The zero-order valence-electron chi connectivity index (χ0n) is 13.0. The number of benzene rings is 1. The van der Waals surface area contributed by atoms with Crippen molar-refractivity contribution in [2.75, 3.05) is 26.7 Å². The molecule has 112 valence electrons. The molecule has 4 heteroatoms. The van der Waals surface area contributed by atoms with E-state index in [0.717, 1.165) is 30.8 Å². The van der Waals surface area contributed by atoms with Gasteiger partial charge in [0.15, 0.2) is 0 Å². The van der Waals surface area contributed by atoms with Crippen LogP contribution in [0.2, 0.25) is 0 Å². The summed E-state index contributed by atoms with van der Waals surface area (Å²) in [5.74, 6) is 0.828. The second-order valence-electron chi connectivity index (χ2n) is 6.39. The van der Waals surface area contributed by atoms with E-state index in [4.69, 9.17) is 22.7 Å². The second-order valence-corrected chi connectivity index (χ2v) is 6.83. The molecule has 0 radical (unpaired) electrons. The van der Waals surface area contributed by atoms with Crippen molar-refractivity contribution in [1.29, 1.82) is 0 Å². The van der Waals surface area contributed by atoms with Crippen molar-refractivity contribution in [3.8, 4) is 5.75 Å². The lowest BCUT2D eigenvalue weighted by atomic mass is 9.96. The van der Waals surface area contributed by atoms with E-state index in [9.17, 15) is 0 Å². The predicted molar refractivity (Wildman–Crippen MR) is 89.4 cm³/mol. The fraction of sp³-hybridized carbons (Fsp3) is 0.562. The SMILES string of the molecule is CN(CCCOc1cccc(C(N)=S)c1)CC(C)(C)C. The molecule has 0 amide bonds. The van der Waals surface area contributed by atoms with E-state index in [1.165, 1.54) is 0 Å². The average Bonchev–Trinajstić information content (AvgIpc) is 2.33. The molecule has 0 aliphatic heterocycles. The van der Waals surface area contributed by atoms with Crippen molar-refractivity contribution < 1.29 is 4.74 Å². The molecule has 0 aromatic heterocycles. The van der Waals surface area contributed by atoms with Gasteiger partial charge in [0.1, 0.15) is 10.7 Å². The molecule has 0 bridgehead atoms. The molecule has 0 fully saturated rings. The van der Waals surface area contributed by atoms with Crippen LogP contribution in [0.4, 0.5) is 0 Å². The van der Waals surface area contributed by atoms with Crippen molar-refractivity contribution in [1.82, 2.24) is 4.90 Å². The van der Waals surface area contributed by atoms with Gasteiger partial charge >= 0.3 is 0 Å². The molecule has 0 saturated carbocycles. The van der Waals surface area contributed by atoms with E-state index in [-0.39, 0.29) is 0 Å². The number of nitrogens with zero attached hydrogens (tertiary/aromatic N) is 1. The zero-order chi connectivity index (χ0) is 15.2. The summed E-state index contributed by atoms with van der Waals surface area (Å²) in [5.41, 5.74) is 6.79. The van der Waals surface area contributed by atoms with Crippen LogP contribution in [0, 0.1) is 5.41 Å². The molecule has 2 N–H and O–H groups in total. The molecule has 1 aromatic rings. The third-order valence-electron chi connectivity index (χ3n) is 2.82. The van der Waals surface area contributed by atoms with Gasteiger partial charge in [0.05, 0.1) is 6.61 Å². The molecule has 20 heavy (non-hydrogen) atoms. The van der Waals surface area contributed by atoms with Gasteiger partial charge in [-0.15, -0.1) is 0 Å². The number of hydrogen-bond donors (Lipinski definition) is 1. The quantitative estimate of drug-likeness (QED) is 0.619. The molecule has 0 atom stereocenters. The normalized spacial score (nSPS) is 11.7. The van der Waals surface area contributed by atoms with Crippen LogP contribution < -0.4 is 10.5 Å². The minimum Gasteiger partial charge on any atom is -0.494 e. The number of ether oxygens (including phenoxy) is 1. The summed E-state index contributed by atoms with van der Waals surface area (Å²) >= 11 is 4.96. The van der Waals surface area contributed by atoms with Gasteiger partial charge < -0.3 is 15.4 Å². The first-order chi connectivity index (χ1) is 9.28. The second kappa shape index (κ2) is 7.60. The highest BCUT2D eigenvalue weighted by molar-refractivity contribution is 7.80. The average molecular weight is 294 g/mol. The van der Waals surface area contributed by atoms with E-state index < -0.39 is 0 Å². The molecular weight excluding hydrogens is 268 g/mol. The predicted octanol–water partition coefficient (Wildman–Crippen LogP) is 3.07. The first-order valence-corrected chi connectivity index (χ1v) is 7.40. The van der Waals surface area contributed by atoms with Crippen LogP contribution >= 0.6 is 12.2 Å². The Morgan fingerprint density at radius 1 is 1.35 bits per heavy atom. The Labute approximate surface area is 128 Å². The summed E-state index contributed by atoms with van der Waals surface area (Å²) in [6, 6.07) is 7.63. The number of thiocarbonyl (C=S) groups is 1. The Kier molecular flexibility index (Phi) is 6.43. The van der Waals surface area contributed by atoms with E-state index >= 15 is 0 Å². The van der Waals surface area contributed by atoms with Crippen LogP contribution in [0.15, 0.2) is 24.3 Å². The van der Waals surface area contributed by atoms with Crippen LogP contribution in [0.1, 0.15) is 32.8 Å². The minimum atomic E-state index is 0.334. The molecule has 0 spiro atoms. The number of hydrogen-bond acceptors (Lipinski definition) is 3. The number of rotatable bonds is 7. The van der Waals surface area contributed by atoms with Crippen LogP contribution in [0.25, 0.3) is 0 Å². The summed E-state index contributed by atoms with van der Waals surface area (Å²) in [7, 11) is 2.15. The van der Waals surface area contributed by atoms with Gasteiger partial charge in [-0.05, 0) is 31.0 Å². The topological polar surface area (TPSA) is 38.5 Å². The lowest BCUT2D eigenvalue weighted by Gasteiger charge is -2.26. The summed E-state index contributed by atoms with van der Waals surface area (Å²) in [5, 5.41) is 0. The van der Waals surface area contributed by atoms with Gasteiger partial charge in [-0.2, -0.15) is 0 Å². The van der Waals surface area contributed by atoms with Crippen molar-refractivity contribution in [2.24, 2.45) is 11.1 Å². The Bertz CT molecular complexity index is 440. The van der Waals surface area contributed by atoms with Crippen LogP contribution in [0.3, 0.4) is 0 Å². The molecule has 3 nitrogen and oxygen atoms in total. The Balaban J connectivity index is 2.31. The fourth-order valence-corrected chi connectivity index (χ4v) is 2.28. The van der Waals surface area contributed by atoms with Crippen molar-refractivity contribution in [3.05, 3.63) is 29.8 Å². The highest BCUT2D eigenvalue weighted by Crippen LogP contribution is 2.15. The highest BCUT2D eigenvalue weighted by Gasteiger charge is 2.12. The Hall–Kier alpha value is -1.13. The summed E-state index contributed by atoms with van der Waals surface area (Å²) < 4.78 is 5.74. The van der Waals surface area contributed by atoms with Gasteiger partial charge in [-0.25, -0.2) is 0 Å². The first-order valence-electron chi connectivity index (χ1n) is 6.99. The largest absolute Gasteiger partial charge is 0.494 e. The molecule has 0 saturated heterocycles. The standard InChI is InChI=1S/C16H26N2OS/c1-16(2,3)12-18(4)9-6-10-19-14-8-5-7-13(11-14)15(17)20/h5,7-8,11H,6,9-10,12H2,1-4H3,(H2,17,20). The smallest absolute Gasteiger partial charge is 0.119 e. The molecule has 0 aliphatic rings. The van der Waals surface area contributed by atoms with Crippen LogP contribution in [-0.2, 0) is 0 Å². The molecule has 1 rings (SSSR count). The van der Waals surface area contributed by atoms with Crippen LogP contribution in [-0.4, -0.2) is 36.6 Å². The fourth-order valence-electron chi connectivity index (χ4n) is 2.15. The van der Waals surface area contributed by atoms with Crippen LogP contribution in [0.5, 0.6) is 5.75 Å². The van der Waals surface area contributed by atoms with E-state index in [0.29, 0.717) is 17.0 Å². The summed E-state index contributed by atoms with van der Waals surface area (Å²) in [6.45, 7) is 9.58. The van der Waals surface area contributed by atoms with Gasteiger partial charge in [0, 0.05) is 18.7 Å². The number of nitrogens with two attached hydrogens (primary N) is 1. The van der Waals surface area contributed by atoms with Gasteiger partial charge in [0.2, 0.25) is 0 Å². The van der Waals surface area contributed by atoms with E-state index in [1.807, 2.05) is 24.3 Å². The Morgan fingerprint density at radius 3 is 2.65 bits per heavy atom. The molecule has 0 aliphatic carbocycles. The monoisotopic (exact) mass is 294 g/mol. The molecule has 1 aromatic carbocycles. The summed E-state index contributed by atoms with van der Waals surface area (Å²) in [4.78, 5) is 2.75. The molecule has 0 heterocycles. The lowest BCUT2D eigenvalue weighted by Crippen LogP contribution is -2.30. The van der Waals surface area contributed by atoms with Gasteiger partial charge in [0.25, 0.3) is 0 Å². The maximum absolute atomic E-state index is 5.74. The first kappa shape index (κ1) is 16.9. The van der Waals surface area contributed by atoms with E-state index in [1.54, 1.807) is 0 Å². The zero-order valence-corrected chi connectivity index (χ0v) is 13.8. The third-order valence-corrected chi connectivity index (χ3v) is 3.05. The van der Waals surface area contributed by atoms with E-state index in [2.05, 4.69) is 32.7 Å².